The van der Waals surface area contributed by atoms with Gasteiger partial charge in [0.1, 0.15) is 0 Å². The van der Waals surface area contributed by atoms with Gasteiger partial charge >= 0.3 is 6.72 Å². The Balaban J connectivity index is 2.52. The highest BCUT2D eigenvalue weighted by molar-refractivity contribution is 8.55. The zero-order valence-corrected chi connectivity index (χ0v) is 9.77. The summed E-state index contributed by atoms with van der Waals surface area (Å²) in [6, 6.07) is 9.43. The Morgan fingerprint density at radius 2 is 2.00 bits per heavy atom. The van der Waals surface area contributed by atoms with Crippen molar-refractivity contribution >= 4 is 23.8 Å². The monoisotopic (exact) mass is 232 g/mol. The van der Waals surface area contributed by atoms with E-state index >= 15 is 0 Å². The molecule has 1 unspecified atom stereocenters. The first-order valence-electron chi connectivity index (χ1n) is 4.00. The Morgan fingerprint density at radius 1 is 1.36 bits per heavy atom. The molecule has 0 heterocycles. The van der Waals surface area contributed by atoms with Crippen LogP contribution in [0, 0.1) is 0 Å². The third kappa shape index (κ3) is 3.35. The normalized spacial score (nSPS) is 14.7. The Kier molecular flexibility index (Phi) is 4.48. The Morgan fingerprint density at radius 3 is 2.50 bits per heavy atom. The van der Waals surface area contributed by atoms with E-state index in [1.807, 2.05) is 30.3 Å². The van der Waals surface area contributed by atoms with Gasteiger partial charge in [0, 0.05) is 12.8 Å². The maximum Gasteiger partial charge on any atom is 0.343 e. The van der Waals surface area contributed by atoms with Gasteiger partial charge in [-0.2, -0.15) is 5.20 Å². The van der Waals surface area contributed by atoms with Crippen LogP contribution in [0.2, 0.25) is 0 Å². The van der Waals surface area contributed by atoms with Gasteiger partial charge in [-0.3, -0.25) is 4.57 Å². The molecule has 0 bridgehead atoms. The van der Waals surface area contributed by atoms with E-state index in [1.165, 1.54) is 7.11 Å². The van der Waals surface area contributed by atoms with Gasteiger partial charge < -0.3 is 9.95 Å². The van der Waals surface area contributed by atoms with Gasteiger partial charge in [0.05, 0.1) is 0 Å². The fourth-order valence-corrected chi connectivity index (χ4v) is 2.28. The molecular weight excluding hydrogens is 219 g/mol. The summed E-state index contributed by atoms with van der Waals surface area (Å²) >= 11 is 1.15. The number of benzene rings is 1. The van der Waals surface area contributed by atoms with Crippen molar-refractivity contribution < 1.29 is 9.09 Å². The van der Waals surface area contributed by atoms with Crippen LogP contribution in [0.15, 0.2) is 30.3 Å². The van der Waals surface area contributed by atoms with Crippen LogP contribution in [-0.2, 0) is 9.09 Å². The second kappa shape index (κ2) is 5.41. The fraction of sp³-hybridized carbons (Fsp3) is 0.250. The standard InChI is InChI=1S/C8H13N2O2PS/c1-12-13(11,14-2)10-9-8-6-4-3-5-7-8/h3-7,9H,1-2H3,(H,10,11). The van der Waals surface area contributed by atoms with Crippen LogP contribution in [0.3, 0.4) is 0 Å². The van der Waals surface area contributed by atoms with Crippen LogP contribution >= 0.6 is 18.1 Å². The fourth-order valence-electron chi connectivity index (χ4n) is 0.820. The lowest BCUT2D eigenvalue weighted by Gasteiger charge is -2.15. The maximum atomic E-state index is 11.7. The molecule has 0 saturated carbocycles. The lowest BCUT2D eigenvalue weighted by atomic mass is 10.3. The third-order valence-electron chi connectivity index (χ3n) is 1.59. The van der Waals surface area contributed by atoms with Crippen molar-refractivity contribution in [3.63, 3.8) is 0 Å². The van der Waals surface area contributed by atoms with Gasteiger partial charge in [-0.15, -0.1) is 0 Å². The van der Waals surface area contributed by atoms with E-state index in [1.54, 1.807) is 6.26 Å². The topological polar surface area (TPSA) is 50.4 Å². The number of anilines is 1. The quantitative estimate of drug-likeness (QED) is 0.604. The molecule has 14 heavy (non-hydrogen) atoms. The van der Waals surface area contributed by atoms with Crippen LogP contribution in [-0.4, -0.2) is 13.4 Å². The zero-order chi connectivity index (χ0) is 10.4. The molecule has 0 aromatic heterocycles. The van der Waals surface area contributed by atoms with Crippen LogP contribution in [0.4, 0.5) is 5.69 Å². The highest BCUT2D eigenvalue weighted by atomic mass is 32.7. The first kappa shape index (κ1) is 11.6. The number of hydrazine groups is 1. The number of rotatable bonds is 5. The molecule has 78 valence electrons. The average molecular weight is 232 g/mol. The summed E-state index contributed by atoms with van der Waals surface area (Å²) in [4.78, 5) is 0. The smallest absolute Gasteiger partial charge is 0.313 e. The molecule has 0 aliphatic heterocycles. The van der Waals surface area contributed by atoms with Gasteiger partial charge in [0.2, 0.25) is 0 Å². The molecule has 2 N–H and O–H groups in total. The molecule has 0 saturated heterocycles. The summed E-state index contributed by atoms with van der Waals surface area (Å²) in [7, 11) is 1.41. The molecule has 0 fully saturated rings. The van der Waals surface area contributed by atoms with Gasteiger partial charge in [0.15, 0.2) is 0 Å². The van der Waals surface area contributed by atoms with Crippen molar-refractivity contribution in [3.8, 4) is 0 Å². The SMILES string of the molecule is COP(=O)(NNc1ccccc1)SC. The van der Waals surface area contributed by atoms with E-state index in [0.717, 1.165) is 17.1 Å². The lowest BCUT2D eigenvalue weighted by molar-refractivity contribution is 0.402. The minimum Gasteiger partial charge on any atom is -0.313 e. The van der Waals surface area contributed by atoms with Crippen molar-refractivity contribution in [2.75, 3.05) is 18.8 Å². The summed E-state index contributed by atoms with van der Waals surface area (Å²) < 4.78 is 16.5. The molecule has 1 atom stereocenters. The summed E-state index contributed by atoms with van der Waals surface area (Å²) in [6.45, 7) is -2.79. The predicted molar refractivity (Wildman–Crippen MR) is 61.3 cm³/mol. The minimum atomic E-state index is -2.79. The van der Waals surface area contributed by atoms with Crippen molar-refractivity contribution in [2.45, 2.75) is 0 Å². The van der Waals surface area contributed by atoms with Crippen LogP contribution in [0.25, 0.3) is 0 Å². The second-order valence-corrected chi connectivity index (χ2v) is 6.95. The van der Waals surface area contributed by atoms with Gasteiger partial charge in [-0.05, 0) is 18.4 Å². The number of para-hydroxylation sites is 1. The van der Waals surface area contributed by atoms with Crippen LogP contribution < -0.4 is 10.6 Å². The maximum absolute atomic E-state index is 11.7. The predicted octanol–water partition coefficient (Wildman–Crippen LogP) is 2.72. The summed E-state index contributed by atoms with van der Waals surface area (Å²) in [5.41, 5.74) is 3.67. The molecule has 6 heteroatoms. The first-order valence-corrected chi connectivity index (χ1v) is 7.45. The zero-order valence-electron chi connectivity index (χ0n) is 8.06. The van der Waals surface area contributed by atoms with Crippen molar-refractivity contribution in [2.24, 2.45) is 0 Å². The largest absolute Gasteiger partial charge is 0.343 e. The van der Waals surface area contributed by atoms with E-state index < -0.39 is 6.72 Å². The molecule has 1 aromatic carbocycles. The molecule has 0 aliphatic carbocycles. The minimum absolute atomic E-state index is 0.846. The van der Waals surface area contributed by atoms with Gasteiger partial charge in [-0.25, -0.2) is 0 Å². The summed E-state index contributed by atoms with van der Waals surface area (Å²) in [5, 5.41) is 2.66. The van der Waals surface area contributed by atoms with Crippen molar-refractivity contribution in [1.82, 2.24) is 5.20 Å². The summed E-state index contributed by atoms with van der Waals surface area (Å²) in [6.07, 6.45) is 1.73. The summed E-state index contributed by atoms with van der Waals surface area (Å²) in [5.74, 6) is 0. The number of hydrogen-bond acceptors (Lipinski definition) is 4. The molecule has 0 radical (unpaired) electrons. The molecule has 0 amide bonds. The van der Waals surface area contributed by atoms with Crippen molar-refractivity contribution in [1.29, 1.82) is 0 Å². The highest BCUT2D eigenvalue weighted by Crippen LogP contribution is 2.52. The molecule has 0 aliphatic rings. The van der Waals surface area contributed by atoms with E-state index in [9.17, 15) is 4.57 Å². The molecule has 1 rings (SSSR count). The number of nitrogens with one attached hydrogen (secondary N) is 2. The Hall–Kier alpha value is -0.480. The molecule has 0 spiro atoms. The Labute approximate surface area is 87.6 Å². The average Bonchev–Trinajstić information content (AvgIpc) is 2.27. The van der Waals surface area contributed by atoms with E-state index in [2.05, 4.69) is 10.6 Å². The van der Waals surface area contributed by atoms with Crippen molar-refractivity contribution in [3.05, 3.63) is 30.3 Å². The number of hydrogen-bond donors (Lipinski definition) is 2. The first-order chi connectivity index (χ1) is 6.70. The lowest BCUT2D eigenvalue weighted by Crippen LogP contribution is -2.17. The van der Waals surface area contributed by atoms with Crippen LogP contribution in [0.1, 0.15) is 0 Å². The van der Waals surface area contributed by atoms with E-state index in [-0.39, 0.29) is 0 Å². The van der Waals surface area contributed by atoms with E-state index in [0.29, 0.717) is 0 Å². The second-order valence-electron chi connectivity index (χ2n) is 2.47. The molecule has 4 nitrogen and oxygen atoms in total. The molecular formula is C8H13N2O2PS. The third-order valence-corrected chi connectivity index (χ3v) is 5.10. The van der Waals surface area contributed by atoms with Crippen LogP contribution in [0.5, 0.6) is 0 Å². The van der Waals surface area contributed by atoms with Gasteiger partial charge in [-0.1, -0.05) is 29.6 Å². The van der Waals surface area contributed by atoms with E-state index in [4.69, 9.17) is 4.52 Å². The Bertz CT molecular complexity index is 312. The molecule has 1 aromatic rings. The highest BCUT2D eigenvalue weighted by Gasteiger charge is 2.18. The van der Waals surface area contributed by atoms with Gasteiger partial charge in [0.25, 0.3) is 0 Å².